The Morgan fingerprint density at radius 3 is 1.34 bits per heavy atom. The number of esters is 2. The number of benzene rings is 2. The number of hydrogen-bond acceptors (Lipinski definition) is 10. The molecule has 0 unspecified atom stereocenters. The SMILES string of the molecule is COC(=O)C[C@H](C1=C(O)C(=O)C([C@@H](CC(=O)OC)c2ccc(O)c(Cl)c2)=C(O)C1=O)c1ccc(O)c(Cl)c1. The van der Waals surface area contributed by atoms with Crippen LogP contribution in [0.5, 0.6) is 11.5 Å². The van der Waals surface area contributed by atoms with Crippen LogP contribution in [0.4, 0.5) is 0 Å². The minimum absolute atomic E-state index is 0.130. The van der Waals surface area contributed by atoms with Crippen LogP contribution >= 0.6 is 23.2 Å². The second-order valence-corrected chi connectivity index (χ2v) is 9.08. The molecule has 0 saturated heterocycles. The van der Waals surface area contributed by atoms with Gasteiger partial charge >= 0.3 is 11.9 Å². The van der Waals surface area contributed by atoms with Crippen LogP contribution in [0.1, 0.15) is 35.8 Å². The van der Waals surface area contributed by atoms with Crippen LogP contribution < -0.4 is 0 Å². The molecule has 2 aromatic carbocycles. The van der Waals surface area contributed by atoms with Crippen molar-refractivity contribution in [2.45, 2.75) is 24.7 Å². The third-order valence-corrected chi connectivity index (χ3v) is 6.68. The van der Waals surface area contributed by atoms with E-state index in [9.17, 15) is 39.6 Å². The minimum Gasteiger partial charge on any atom is -0.506 e. The predicted molar refractivity (Wildman–Crippen MR) is 134 cm³/mol. The number of aliphatic hydroxyl groups is 2. The molecule has 200 valence electrons. The van der Waals surface area contributed by atoms with E-state index in [1.54, 1.807) is 0 Å². The Kier molecular flexibility index (Phi) is 8.70. The lowest BCUT2D eigenvalue weighted by molar-refractivity contribution is -0.142. The number of hydrogen-bond donors (Lipinski definition) is 4. The molecule has 0 fully saturated rings. The van der Waals surface area contributed by atoms with Crippen LogP contribution in [-0.2, 0) is 28.7 Å². The van der Waals surface area contributed by atoms with E-state index >= 15 is 0 Å². The number of aliphatic hydroxyl groups excluding tert-OH is 2. The number of ketones is 2. The number of aromatic hydroxyl groups is 2. The maximum Gasteiger partial charge on any atom is 0.306 e. The molecule has 0 aromatic heterocycles. The Bertz CT molecular complexity index is 1290. The number of allylic oxidation sites excluding steroid dienone is 2. The minimum atomic E-state index is -1.30. The Hall–Kier alpha value is -4.02. The van der Waals surface area contributed by atoms with Gasteiger partial charge in [0.15, 0.2) is 11.5 Å². The molecule has 0 saturated carbocycles. The molecule has 0 heterocycles. The molecule has 10 nitrogen and oxygen atoms in total. The zero-order chi connectivity index (χ0) is 28.3. The molecule has 4 N–H and O–H groups in total. The third kappa shape index (κ3) is 5.61. The maximum atomic E-state index is 13.4. The highest BCUT2D eigenvalue weighted by atomic mass is 35.5. The first-order chi connectivity index (χ1) is 17.9. The predicted octanol–water partition coefficient (Wildman–Crippen LogP) is 4.17. The van der Waals surface area contributed by atoms with Gasteiger partial charge in [-0.15, -0.1) is 0 Å². The van der Waals surface area contributed by atoms with Gasteiger partial charge in [0.2, 0.25) is 11.6 Å². The fraction of sp³-hybridized carbons (Fsp3) is 0.231. The first-order valence-electron chi connectivity index (χ1n) is 11.0. The number of phenolic OH excluding ortho intramolecular Hbond substituents is 2. The van der Waals surface area contributed by atoms with Crippen LogP contribution in [-0.4, -0.2) is 58.2 Å². The van der Waals surface area contributed by atoms with Crippen LogP contribution in [0.2, 0.25) is 10.0 Å². The van der Waals surface area contributed by atoms with E-state index in [2.05, 4.69) is 9.47 Å². The van der Waals surface area contributed by atoms with Crippen molar-refractivity contribution in [3.05, 3.63) is 80.2 Å². The largest absolute Gasteiger partial charge is 0.506 e. The lowest BCUT2D eigenvalue weighted by atomic mass is 9.76. The molecule has 0 bridgehead atoms. The van der Waals surface area contributed by atoms with Crippen molar-refractivity contribution in [2.24, 2.45) is 0 Å². The van der Waals surface area contributed by atoms with Gasteiger partial charge in [-0.05, 0) is 35.4 Å². The summed E-state index contributed by atoms with van der Waals surface area (Å²) in [4.78, 5) is 51.2. The summed E-state index contributed by atoms with van der Waals surface area (Å²) in [5.74, 6) is -9.32. The molecule has 38 heavy (non-hydrogen) atoms. The summed E-state index contributed by atoms with van der Waals surface area (Å²) in [6.45, 7) is 0. The van der Waals surface area contributed by atoms with Gasteiger partial charge in [-0.1, -0.05) is 35.3 Å². The van der Waals surface area contributed by atoms with Crippen molar-refractivity contribution >= 4 is 46.7 Å². The van der Waals surface area contributed by atoms with Gasteiger partial charge in [0.1, 0.15) is 11.5 Å². The molecule has 1 aliphatic rings. The third-order valence-electron chi connectivity index (χ3n) is 6.07. The smallest absolute Gasteiger partial charge is 0.306 e. The zero-order valence-electron chi connectivity index (χ0n) is 20.0. The van der Waals surface area contributed by atoms with E-state index in [-0.39, 0.29) is 32.7 Å². The molecular formula is C26H22Cl2O10. The molecule has 0 amide bonds. The number of carbonyl (C=O) groups is 4. The highest BCUT2D eigenvalue weighted by molar-refractivity contribution is 6.32. The van der Waals surface area contributed by atoms with E-state index < -0.39 is 70.8 Å². The van der Waals surface area contributed by atoms with Crippen molar-refractivity contribution < 1.29 is 49.1 Å². The summed E-state index contributed by atoms with van der Waals surface area (Å²) >= 11 is 12.0. The summed E-state index contributed by atoms with van der Waals surface area (Å²) in [6, 6.07) is 7.49. The van der Waals surface area contributed by atoms with Gasteiger partial charge in [0, 0.05) is 11.8 Å². The quantitative estimate of drug-likeness (QED) is 0.269. The fourth-order valence-electron chi connectivity index (χ4n) is 4.11. The Morgan fingerprint density at radius 1 is 0.711 bits per heavy atom. The van der Waals surface area contributed by atoms with Crippen molar-refractivity contribution in [1.82, 2.24) is 0 Å². The Morgan fingerprint density at radius 2 is 1.05 bits per heavy atom. The first-order valence-corrected chi connectivity index (χ1v) is 11.7. The van der Waals surface area contributed by atoms with E-state index in [0.29, 0.717) is 0 Å². The number of phenols is 2. The normalized spacial score (nSPS) is 15.4. The van der Waals surface area contributed by atoms with Gasteiger partial charge in [-0.2, -0.15) is 0 Å². The fourth-order valence-corrected chi connectivity index (χ4v) is 4.49. The lowest BCUT2D eigenvalue weighted by Crippen LogP contribution is -2.31. The number of ether oxygens (including phenoxy) is 2. The number of Topliss-reactive ketones (excluding diaryl/α,β-unsaturated/α-hetero) is 2. The standard InChI is InChI=1S/C26H22Cl2O10/c1-37-19(31)9-13(11-3-5-17(29)15(27)7-11)21-23(33)25(35)22(26(36)24(21)34)14(10-20(32)38-2)12-4-6-18(30)16(28)8-12/h3-8,13-14,29-30,33,36H,9-10H2,1-2H3/t13-,14-/m0/s1. The molecule has 2 atom stereocenters. The first kappa shape index (κ1) is 28.5. The van der Waals surface area contributed by atoms with E-state index in [1.165, 1.54) is 36.4 Å². The number of halogens is 2. The second-order valence-electron chi connectivity index (χ2n) is 8.27. The van der Waals surface area contributed by atoms with Crippen LogP contribution in [0, 0.1) is 0 Å². The summed E-state index contributed by atoms with van der Waals surface area (Å²) in [6.07, 6.45) is -1.06. The van der Waals surface area contributed by atoms with Crippen molar-refractivity contribution in [2.75, 3.05) is 14.2 Å². The van der Waals surface area contributed by atoms with Crippen molar-refractivity contribution in [3.8, 4) is 11.5 Å². The van der Waals surface area contributed by atoms with Gasteiger partial charge in [-0.25, -0.2) is 0 Å². The van der Waals surface area contributed by atoms with Crippen molar-refractivity contribution in [1.29, 1.82) is 0 Å². The van der Waals surface area contributed by atoms with Gasteiger partial charge in [-0.3, -0.25) is 19.2 Å². The van der Waals surface area contributed by atoms with Crippen LogP contribution in [0.15, 0.2) is 59.1 Å². The maximum absolute atomic E-state index is 13.4. The average Bonchev–Trinajstić information content (AvgIpc) is 2.89. The van der Waals surface area contributed by atoms with Gasteiger partial charge in [0.05, 0.1) is 48.3 Å². The van der Waals surface area contributed by atoms with E-state index in [0.717, 1.165) is 14.2 Å². The summed E-state index contributed by atoms with van der Waals surface area (Å²) in [7, 11) is 2.20. The summed E-state index contributed by atoms with van der Waals surface area (Å²) in [5.41, 5.74) is -0.893. The highest BCUT2D eigenvalue weighted by Gasteiger charge is 2.43. The number of methoxy groups -OCH3 is 2. The number of rotatable bonds is 8. The van der Waals surface area contributed by atoms with Crippen molar-refractivity contribution in [3.63, 3.8) is 0 Å². The summed E-state index contributed by atoms with van der Waals surface area (Å²) in [5, 5.41) is 41.2. The Balaban J connectivity index is 2.18. The monoisotopic (exact) mass is 564 g/mol. The Labute approximate surface area is 226 Å². The van der Waals surface area contributed by atoms with Crippen LogP contribution in [0.25, 0.3) is 0 Å². The molecule has 3 rings (SSSR count). The topological polar surface area (TPSA) is 168 Å². The van der Waals surface area contributed by atoms with Crippen LogP contribution in [0.3, 0.4) is 0 Å². The zero-order valence-corrected chi connectivity index (χ0v) is 21.5. The molecule has 0 aliphatic heterocycles. The molecule has 12 heteroatoms. The van der Waals surface area contributed by atoms with Gasteiger partial charge < -0.3 is 29.9 Å². The van der Waals surface area contributed by atoms with Gasteiger partial charge in [0.25, 0.3) is 0 Å². The summed E-state index contributed by atoms with van der Waals surface area (Å²) < 4.78 is 9.37. The highest BCUT2D eigenvalue weighted by Crippen LogP contribution is 2.42. The molecular weight excluding hydrogens is 543 g/mol. The molecule has 0 spiro atoms. The molecule has 2 aromatic rings. The number of carbonyl (C=O) groups excluding carboxylic acids is 4. The van der Waals surface area contributed by atoms with E-state index in [4.69, 9.17) is 23.2 Å². The average molecular weight is 565 g/mol. The lowest BCUT2D eigenvalue weighted by Gasteiger charge is -2.27. The molecule has 1 aliphatic carbocycles. The van der Waals surface area contributed by atoms with E-state index in [1.807, 2.05) is 0 Å². The molecule has 0 radical (unpaired) electrons. The second kappa shape index (κ2) is 11.6.